The fourth-order valence-corrected chi connectivity index (χ4v) is 6.93. The molecule has 0 radical (unpaired) electrons. The fourth-order valence-electron chi connectivity index (χ4n) is 5.40. The third-order valence-corrected chi connectivity index (χ3v) is 9.77. The van der Waals surface area contributed by atoms with Crippen LogP contribution < -0.4 is 14.4 Å². The monoisotopic (exact) mass is 679 g/mol. The van der Waals surface area contributed by atoms with E-state index in [4.69, 9.17) is 39.5 Å². The number of methoxy groups -OCH3 is 1. The summed E-state index contributed by atoms with van der Waals surface area (Å²) >= 11 is 19.3. The zero-order chi connectivity index (χ0) is 31.9. The van der Waals surface area contributed by atoms with Gasteiger partial charge in [0.05, 0.1) is 19.1 Å². The summed E-state index contributed by atoms with van der Waals surface area (Å²) in [4.78, 5) is 29.8. The lowest BCUT2D eigenvalue weighted by Gasteiger charge is -2.35. The van der Waals surface area contributed by atoms with Crippen molar-refractivity contribution in [2.45, 2.75) is 57.2 Å². The molecule has 1 saturated carbocycles. The molecule has 4 rings (SSSR count). The van der Waals surface area contributed by atoms with E-state index in [0.717, 1.165) is 48.2 Å². The number of carbonyl (C=O) groups excluding carboxylic acids is 2. The maximum atomic E-state index is 14.4. The molecule has 0 spiro atoms. The van der Waals surface area contributed by atoms with Crippen molar-refractivity contribution < 1.29 is 22.7 Å². The summed E-state index contributed by atoms with van der Waals surface area (Å²) in [6, 6.07) is 17.8. The van der Waals surface area contributed by atoms with Crippen LogP contribution in [0.4, 0.5) is 5.69 Å². The first-order chi connectivity index (χ1) is 21.0. The van der Waals surface area contributed by atoms with Crippen molar-refractivity contribution in [1.82, 2.24) is 10.2 Å². The Morgan fingerprint density at radius 1 is 0.955 bits per heavy atom. The van der Waals surface area contributed by atoms with Gasteiger partial charge in [-0.2, -0.15) is 0 Å². The number of nitrogens with one attached hydrogen (secondary N) is 1. The number of sulfonamides is 1. The Balaban J connectivity index is 1.79. The lowest BCUT2D eigenvalue weighted by molar-refractivity contribution is -0.140. The highest BCUT2D eigenvalue weighted by Gasteiger charge is 2.35. The summed E-state index contributed by atoms with van der Waals surface area (Å²) < 4.78 is 32.6. The van der Waals surface area contributed by atoms with Crippen LogP contribution in [0, 0.1) is 0 Å². The van der Waals surface area contributed by atoms with E-state index in [1.807, 2.05) is 30.3 Å². The first-order valence-electron chi connectivity index (χ1n) is 14.4. The highest BCUT2D eigenvalue weighted by Crippen LogP contribution is 2.34. The largest absolute Gasteiger partial charge is 0.495 e. The number of hydrogen-bond acceptors (Lipinski definition) is 5. The molecule has 1 aliphatic carbocycles. The SMILES string of the molecule is COc1ccc(Cl)cc1N(CC(=O)N(Cc1c(Cl)cccc1Cl)C(Cc1ccccc1)C(=O)NC1CCCCC1)S(C)(=O)=O. The zero-order valence-corrected chi connectivity index (χ0v) is 27.7. The van der Waals surface area contributed by atoms with Gasteiger partial charge in [-0.15, -0.1) is 0 Å². The number of amides is 2. The molecule has 236 valence electrons. The average molecular weight is 681 g/mol. The number of carbonyl (C=O) groups is 2. The van der Waals surface area contributed by atoms with E-state index in [0.29, 0.717) is 15.6 Å². The molecule has 8 nitrogen and oxygen atoms in total. The molecule has 1 fully saturated rings. The number of hydrogen-bond donors (Lipinski definition) is 1. The molecular weight excluding hydrogens is 645 g/mol. The molecule has 2 amide bonds. The highest BCUT2D eigenvalue weighted by atomic mass is 35.5. The third-order valence-electron chi connectivity index (χ3n) is 7.70. The average Bonchev–Trinajstić information content (AvgIpc) is 2.99. The van der Waals surface area contributed by atoms with Crippen LogP contribution in [0.5, 0.6) is 5.75 Å². The van der Waals surface area contributed by atoms with E-state index in [1.54, 1.807) is 24.3 Å². The van der Waals surface area contributed by atoms with Crippen LogP contribution in [0.3, 0.4) is 0 Å². The molecule has 0 saturated heterocycles. The van der Waals surface area contributed by atoms with Crippen LogP contribution in [0.25, 0.3) is 0 Å². The summed E-state index contributed by atoms with van der Waals surface area (Å²) in [6.45, 7) is -0.753. The highest BCUT2D eigenvalue weighted by molar-refractivity contribution is 7.92. The van der Waals surface area contributed by atoms with Crippen LogP contribution in [0.1, 0.15) is 43.2 Å². The van der Waals surface area contributed by atoms with E-state index < -0.39 is 28.5 Å². The summed E-state index contributed by atoms with van der Waals surface area (Å²) in [7, 11) is -2.62. The quantitative estimate of drug-likeness (QED) is 0.235. The van der Waals surface area contributed by atoms with Gasteiger partial charge in [0, 0.05) is 39.6 Å². The predicted octanol–water partition coefficient (Wildman–Crippen LogP) is 6.51. The van der Waals surface area contributed by atoms with E-state index in [1.165, 1.54) is 24.1 Å². The van der Waals surface area contributed by atoms with Crippen molar-refractivity contribution >= 4 is 62.3 Å². The molecule has 0 aromatic heterocycles. The maximum Gasteiger partial charge on any atom is 0.244 e. The second kappa shape index (κ2) is 15.3. The number of anilines is 1. The van der Waals surface area contributed by atoms with E-state index >= 15 is 0 Å². The molecule has 1 atom stereocenters. The maximum absolute atomic E-state index is 14.4. The van der Waals surface area contributed by atoms with Gasteiger partial charge < -0.3 is 15.0 Å². The third kappa shape index (κ3) is 8.81. The van der Waals surface area contributed by atoms with Gasteiger partial charge >= 0.3 is 0 Å². The Bertz CT molecular complexity index is 1550. The summed E-state index contributed by atoms with van der Waals surface area (Å²) in [5, 5.41) is 4.06. The molecule has 3 aromatic carbocycles. The lowest BCUT2D eigenvalue weighted by atomic mass is 9.94. The first-order valence-corrected chi connectivity index (χ1v) is 17.3. The van der Waals surface area contributed by atoms with Crippen LogP contribution in [-0.4, -0.2) is 57.1 Å². The van der Waals surface area contributed by atoms with Crippen molar-refractivity contribution in [3.05, 3.63) is 92.9 Å². The van der Waals surface area contributed by atoms with Crippen molar-refractivity contribution in [3.63, 3.8) is 0 Å². The van der Waals surface area contributed by atoms with Crippen LogP contribution in [0.15, 0.2) is 66.7 Å². The molecule has 1 N–H and O–H groups in total. The van der Waals surface area contributed by atoms with E-state index in [2.05, 4.69) is 5.32 Å². The minimum atomic E-state index is -4.02. The summed E-state index contributed by atoms with van der Waals surface area (Å²) in [5.74, 6) is -0.749. The Morgan fingerprint density at radius 3 is 2.23 bits per heavy atom. The second-order valence-electron chi connectivity index (χ2n) is 10.9. The molecule has 1 unspecified atom stereocenters. The minimum Gasteiger partial charge on any atom is -0.495 e. The number of rotatable bonds is 12. The lowest BCUT2D eigenvalue weighted by Crippen LogP contribution is -2.55. The Labute approximate surface area is 274 Å². The molecule has 3 aromatic rings. The summed E-state index contributed by atoms with van der Waals surface area (Å²) in [5.41, 5.74) is 1.37. The Hall–Kier alpha value is -2.98. The second-order valence-corrected chi connectivity index (χ2v) is 14.0. The van der Waals surface area contributed by atoms with E-state index in [9.17, 15) is 18.0 Å². The van der Waals surface area contributed by atoms with Gasteiger partial charge in [0.25, 0.3) is 0 Å². The number of ether oxygens (including phenoxy) is 1. The molecular formula is C32H36Cl3N3O5S. The van der Waals surface area contributed by atoms with Gasteiger partial charge in [0.2, 0.25) is 21.8 Å². The molecule has 44 heavy (non-hydrogen) atoms. The van der Waals surface area contributed by atoms with Crippen LogP contribution >= 0.6 is 34.8 Å². The zero-order valence-electron chi connectivity index (χ0n) is 24.6. The van der Waals surface area contributed by atoms with Gasteiger partial charge in [0.15, 0.2) is 0 Å². The van der Waals surface area contributed by atoms with Gasteiger partial charge in [-0.25, -0.2) is 8.42 Å². The topological polar surface area (TPSA) is 96.0 Å². The number of halogens is 3. The number of benzene rings is 3. The van der Waals surface area contributed by atoms with Crippen molar-refractivity contribution in [3.8, 4) is 5.75 Å². The van der Waals surface area contributed by atoms with Crippen molar-refractivity contribution in [2.24, 2.45) is 0 Å². The number of nitrogens with zero attached hydrogens (tertiary/aromatic N) is 2. The molecule has 12 heteroatoms. The molecule has 0 heterocycles. The van der Waals surface area contributed by atoms with Crippen LogP contribution in [-0.2, 0) is 32.6 Å². The van der Waals surface area contributed by atoms with Crippen molar-refractivity contribution in [1.29, 1.82) is 0 Å². The molecule has 1 aliphatic rings. The Morgan fingerprint density at radius 2 is 1.61 bits per heavy atom. The standard InChI is InChI=1S/C32H36Cl3N3O5S/c1-43-30-17-16-23(33)19-28(30)38(44(2,41)42)21-31(39)37(20-25-26(34)14-9-15-27(25)35)29(18-22-10-5-3-6-11-22)32(40)36-24-12-7-4-8-13-24/h3,5-6,9-11,14-17,19,24,29H,4,7-8,12-13,18,20-21H2,1-2H3,(H,36,40). The molecule has 0 aliphatic heterocycles. The van der Waals surface area contributed by atoms with Crippen LogP contribution in [0.2, 0.25) is 15.1 Å². The normalized spacial score (nSPS) is 14.5. The fraction of sp³-hybridized carbons (Fsp3) is 0.375. The smallest absolute Gasteiger partial charge is 0.244 e. The first kappa shape index (κ1) is 33.9. The van der Waals surface area contributed by atoms with Gasteiger partial charge in [-0.1, -0.05) is 90.5 Å². The molecule has 0 bridgehead atoms. The summed E-state index contributed by atoms with van der Waals surface area (Å²) in [6.07, 6.45) is 6.02. The van der Waals surface area contributed by atoms with Gasteiger partial charge in [-0.05, 0) is 48.7 Å². The van der Waals surface area contributed by atoms with E-state index in [-0.39, 0.29) is 41.4 Å². The van der Waals surface area contributed by atoms with Gasteiger partial charge in [0.1, 0.15) is 18.3 Å². The minimum absolute atomic E-state index is 0.0152. The van der Waals surface area contributed by atoms with Gasteiger partial charge in [-0.3, -0.25) is 13.9 Å². The predicted molar refractivity (Wildman–Crippen MR) is 176 cm³/mol. The van der Waals surface area contributed by atoms with Crippen molar-refractivity contribution in [2.75, 3.05) is 24.2 Å². The Kier molecular flexibility index (Phi) is 11.8.